The first-order chi connectivity index (χ1) is 10.4. The number of nitrogens with one attached hydrogen (secondary N) is 1. The van der Waals surface area contributed by atoms with E-state index in [-0.39, 0.29) is 29.5 Å². The molecule has 1 aromatic carbocycles. The number of carbonyl (C=O) groups is 1. The zero-order valence-corrected chi connectivity index (χ0v) is 12.7. The molecular formula is C14H15N3O4S. The summed E-state index contributed by atoms with van der Waals surface area (Å²) in [6, 6.07) is 5.46. The Kier molecular flexibility index (Phi) is 3.48. The van der Waals surface area contributed by atoms with Gasteiger partial charge < -0.3 is 10.1 Å². The number of benzene rings is 1. The molecule has 8 heteroatoms. The number of azo groups is 1. The lowest BCUT2D eigenvalue weighted by Gasteiger charge is -1.99. The number of para-hydroxylation sites is 1. The second kappa shape index (κ2) is 5.20. The molecular weight excluding hydrogens is 306 g/mol. The summed E-state index contributed by atoms with van der Waals surface area (Å²) >= 11 is 0. The molecule has 116 valence electrons. The number of H-pyrrole nitrogens is 1. The van der Waals surface area contributed by atoms with E-state index in [0.29, 0.717) is 5.39 Å². The van der Waals surface area contributed by atoms with Crippen LogP contribution in [0.1, 0.15) is 12.0 Å². The van der Waals surface area contributed by atoms with Crippen LogP contribution < -0.4 is 0 Å². The van der Waals surface area contributed by atoms with E-state index in [1.165, 1.54) is 0 Å². The predicted octanol–water partition coefficient (Wildman–Crippen LogP) is 2.23. The van der Waals surface area contributed by atoms with Crippen LogP contribution in [0, 0.1) is 12.8 Å². The molecule has 1 aromatic heterocycles. The van der Waals surface area contributed by atoms with E-state index in [2.05, 4.69) is 15.2 Å². The normalized spacial score (nSPS) is 20.9. The number of sulfone groups is 1. The highest BCUT2D eigenvalue weighted by Crippen LogP contribution is 2.36. The molecule has 0 radical (unpaired) electrons. The van der Waals surface area contributed by atoms with Crippen molar-refractivity contribution in [2.75, 3.05) is 11.5 Å². The number of fused-ring (bicyclic) bond motifs is 1. The Hall–Kier alpha value is -2.22. The molecule has 22 heavy (non-hydrogen) atoms. The highest BCUT2D eigenvalue weighted by molar-refractivity contribution is 7.91. The van der Waals surface area contributed by atoms with Gasteiger partial charge in [-0.2, -0.15) is 0 Å². The molecule has 3 rings (SSSR count). The Morgan fingerprint density at radius 1 is 1.41 bits per heavy atom. The number of aryl methyl sites for hydroxylation is 1. The summed E-state index contributed by atoms with van der Waals surface area (Å²) in [7, 11) is -3.14. The largest absolute Gasteiger partial charge is 0.493 e. The molecule has 2 heterocycles. The average molecular weight is 321 g/mol. The molecule has 0 saturated carbocycles. The van der Waals surface area contributed by atoms with Crippen molar-refractivity contribution in [2.24, 2.45) is 16.1 Å². The van der Waals surface area contributed by atoms with Crippen LogP contribution in [0.3, 0.4) is 0 Å². The molecule has 1 aliphatic rings. The molecule has 0 aliphatic carbocycles. The number of nitrogens with zero attached hydrogens (tertiary/aromatic N) is 2. The van der Waals surface area contributed by atoms with E-state index in [0.717, 1.165) is 11.1 Å². The van der Waals surface area contributed by atoms with Crippen molar-refractivity contribution in [3.05, 3.63) is 23.8 Å². The number of amides is 1. The van der Waals surface area contributed by atoms with Crippen LogP contribution in [0.15, 0.2) is 28.4 Å². The summed E-state index contributed by atoms with van der Waals surface area (Å²) in [5.74, 6) is -1.54. The third-order valence-electron chi connectivity index (χ3n) is 3.83. The minimum Gasteiger partial charge on any atom is -0.493 e. The molecule has 7 nitrogen and oxygen atoms in total. The molecule has 1 amide bonds. The van der Waals surface area contributed by atoms with Gasteiger partial charge in [-0.05, 0) is 18.9 Å². The van der Waals surface area contributed by atoms with Crippen LogP contribution in [-0.4, -0.2) is 35.9 Å². The van der Waals surface area contributed by atoms with Gasteiger partial charge >= 0.3 is 0 Å². The number of carbonyl (C=O) groups excluding carboxylic acids is 1. The van der Waals surface area contributed by atoms with Gasteiger partial charge in [-0.15, -0.1) is 10.2 Å². The summed E-state index contributed by atoms with van der Waals surface area (Å²) in [6.45, 7) is 1.88. The fraction of sp³-hybridized carbons (Fsp3) is 0.357. The van der Waals surface area contributed by atoms with Gasteiger partial charge in [-0.1, -0.05) is 18.2 Å². The number of aromatic hydroxyl groups is 1. The first kappa shape index (κ1) is 14.7. The maximum absolute atomic E-state index is 11.9. The Labute approximate surface area is 127 Å². The Morgan fingerprint density at radius 2 is 2.18 bits per heavy atom. The van der Waals surface area contributed by atoms with E-state index < -0.39 is 21.7 Å². The molecule has 1 saturated heterocycles. The van der Waals surface area contributed by atoms with Crippen LogP contribution in [0.2, 0.25) is 0 Å². The van der Waals surface area contributed by atoms with Crippen molar-refractivity contribution >= 4 is 32.3 Å². The fourth-order valence-electron chi connectivity index (χ4n) is 2.61. The number of hydrogen-bond donors (Lipinski definition) is 2. The lowest BCUT2D eigenvalue weighted by molar-refractivity contribution is -0.121. The summed E-state index contributed by atoms with van der Waals surface area (Å²) in [6.07, 6.45) is 0.277. The number of rotatable bonds is 2. The third kappa shape index (κ3) is 2.61. The maximum Gasteiger partial charge on any atom is 0.268 e. The van der Waals surface area contributed by atoms with E-state index in [4.69, 9.17) is 0 Å². The summed E-state index contributed by atoms with van der Waals surface area (Å²) < 4.78 is 22.8. The highest BCUT2D eigenvalue weighted by atomic mass is 32.2. The smallest absolute Gasteiger partial charge is 0.268 e. The number of hydrogen-bond acceptors (Lipinski definition) is 5. The molecule has 0 spiro atoms. The fourth-order valence-corrected chi connectivity index (χ4v) is 4.34. The van der Waals surface area contributed by atoms with Crippen molar-refractivity contribution in [1.82, 2.24) is 4.98 Å². The maximum atomic E-state index is 11.9. The molecule has 2 aromatic rings. The third-order valence-corrected chi connectivity index (χ3v) is 5.59. The van der Waals surface area contributed by atoms with E-state index in [1.54, 1.807) is 6.07 Å². The summed E-state index contributed by atoms with van der Waals surface area (Å²) in [5, 5.41) is 18.0. The van der Waals surface area contributed by atoms with Gasteiger partial charge in [0.1, 0.15) is 0 Å². The first-order valence-corrected chi connectivity index (χ1v) is 8.66. The quantitative estimate of drug-likeness (QED) is 0.826. The molecule has 2 N–H and O–H groups in total. The van der Waals surface area contributed by atoms with Crippen molar-refractivity contribution < 1.29 is 18.3 Å². The summed E-state index contributed by atoms with van der Waals surface area (Å²) in [4.78, 5) is 14.7. The predicted molar refractivity (Wildman–Crippen MR) is 81.0 cm³/mol. The minimum atomic E-state index is -3.14. The van der Waals surface area contributed by atoms with Crippen molar-refractivity contribution in [3.8, 4) is 5.88 Å². The summed E-state index contributed by atoms with van der Waals surface area (Å²) in [5.41, 5.74) is 1.85. The molecule has 0 unspecified atom stereocenters. The van der Waals surface area contributed by atoms with Crippen LogP contribution in [0.4, 0.5) is 5.69 Å². The average Bonchev–Trinajstić information content (AvgIpc) is 2.97. The van der Waals surface area contributed by atoms with Crippen molar-refractivity contribution in [1.29, 1.82) is 0 Å². The molecule has 0 bridgehead atoms. The van der Waals surface area contributed by atoms with Crippen molar-refractivity contribution in [3.63, 3.8) is 0 Å². The molecule has 1 atom stereocenters. The van der Waals surface area contributed by atoms with Gasteiger partial charge in [0.2, 0.25) is 5.88 Å². The highest BCUT2D eigenvalue weighted by Gasteiger charge is 2.33. The second-order valence-corrected chi connectivity index (χ2v) is 7.69. The molecule has 1 fully saturated rings. The van der Waals surface area contributed by atoms with Gasteiger partial charge in [-0.25, -0.2) is 8.42 Å². The van der Waals surface area contributed by atoms with Gasteiger partial charge in [0.25, 0.3) is 5.91 Å². The van der Waals surface area contributed by atoms with E-state index in [1.807, 2.05) is 19.1 Å². The van der Waals surface area contributed by atoms with E-state index in [9.17, 15) is 18.3 Å². The number of aromatic nitrogens is 1. The van der Waals surface area contributed by atoms with Gasteiger partial charge in [0.15, 0.2) is 15.5 Å². The standard InChI is InChI=1S/C14H15N3O4S/c1-8-3-2-4-10-11(8)15-14(19)12(10)16-17-13(18)9-5-6-22(20,21)7-9/h2-4,9,15,19H,5-7H2,1H3/t9-/m1/s1. The van der Waals surface area contributed by atoms with Crippen LogP contribution in [0.25, 0.3) is 10.9 Å². The lowest BCUT2D eigenvalue weighted by Crippen LogP contribution is -2.13. The Morgan fingerprint density at radius 3 is 2.86 bits per heavy atom. The monoisotopic (exact) mass is 321 g/mol. The Bertz CT molecular complexity index is 883. The topological polar surface area (TPSA) is 112 Å². The SMILES string of the molecule is Cc1cccc2c(N=NC(=O)[C@@H]3CCS(=O)(=O)C3)c(O)[nH]c12. The number of aromatic amines is 1. The lowest BCUT2D eigenvalue weighted by atomic mass is 10.1. The Balaban J connectivity index is 1.89. The van der Waals surface area contributed by atoms with Crippen LogP contribution in [-0.2, 0) is 14.6 Å². The zero-order valence-electron chi connectivity index (χ0n) is 11.9. The van der Waals surface area contributed by atoms with E-state index >= 15 is 0 Å². The molecule has 1 aliphatic heterocycles. The first-order valence-electron chi connectivity index (χ1n) is 6.83. The van der Waals surface area contributed by atoms with Gasteiger partial charge in [0.05, 0.1) is 22.9 Å². The van der Waals surface area contributed by atoms with Gasteiger partial charge in [-0.3, -0.25) is 4.79 Å². The minimum absolute atomic E-state index is 0.0104. The van der Waals surface area contributed by atoms with Crippen LogP contribution >= 0.6 is 0 Å². The van der Waals surface area contributed by atoms with Gasteiger partial charge in [0, 0.05) is 5.39 Å². The van der Waals surface area contributed by atoms with Crippen LogP contribution in [0.5, 0.6) is 5.88 Å². The zero-order chi connectivity index (χ0) is 15.9. The second-order valence-electron chi connectivity index (χ2n) is 5.46. The van der Waals surface area contributed by atoms with Crippen molar-refractivity contribution in [2.45, 2.75) is 13.3 Å².